The van der Waals surface area contributed by atoms with E-state index < -0.39 is 24.3 Å². The Kier molecular flexibility index (Phi) is 6.36. The molecule has 0 aliphatic heterocycles. The van der Waals surface area contributed by atoms with Gasteiger partial charge in [0.1, 0.15) is 18.0 Å². The number of hydrogen-bond donors (Lipinski definition) is 2. The van der Waals surface area contributed by atoms with Crippen LogP contribution in [0.3, 0.4) is 0 Å². The monoisotopic (exact) mass is 357 g/mol. The smallest absolute Gasteiger partial charge is 0.310 e. The Morgan fingerprint density at radius 1 is 1.23 bits per heavy atom. The zero-order valence-corrected chi connectivity index (χ0v) is 14.6. The third kappa shape index (κ3) is 5.32. The van der Waals surface area contributed by atoms with Crippen LogP contribution in [-0.2, 0) is 9.59 Å². The van der Waals surface area contributed by atoms with E-state index in [4.69, 9.17) is 5.11 Å². The Balaban J connectivity index is 2.29. The lowest BCUT2D eigenvalue weighted by Gasteiger charge is -2.12. The van der Waals surface area contributed by atoms with Gasteiger partial charge in [-0.15, -0.1) is 0 Å². The number of carbonyl (C=O) groups excluding carboxylic acids is 1. The van der Waals surface area contributed by atoms with Crippen molar-refractivity contribution in [1.29, 1.82) is 0 Å². The zero-order valence-electron chi connectivity index (χ0n) is 14.6. The van der Waals surface area contributed by atoms with Crippen LogP contribution in [0, 0.1) is 19.7 Å². The number of aliphatic hydroxyl groups excluding tert-OH is 1. The van der Waals surface area contributed by atoms with Crippen molar-refractivity contribution in [1.82, 2.24) is 4.98 Å². The largest absolute Gasteiger partial charge is 0.481 e. The molecule has 0 fully saturated rings. The Labute approximate surface area is 150 Å². The third-order valence-corrected chi connectivity index (χ3v) is 3.80. The number of hydrogen-bond acceptors (Lipinski definition) is 4. The standard InChI is InChI=1S/C20H20FNO4/c1-12-9-19(14-3-5-15(21)6-4-14)18(13(2)22-12)8-7-16(23)10-17(24)11-20(25)26/h3-9,16,23H,10-11H2,1-2H3,(H,25,26)/b8-7+. The van der Waals surface area contributed by atoms with Crippen LogP contribution in [-0.4, -0.2) is 33.1 Å². The highest BCUT2D eigenvalue weighted by Gasteiger charge is 2.13. The molecule has 0 aliphatic carbocycles. The number of ketones is 1. The van der Waals surface area contributed by atoms with Crippen LogP contribution in [0.2, 0.25) is 0 Å². The van der Waals surface area contributed by atoms with E-state index in [1.54, 1.807) is 18.2 Å². The summed E-state index contributed by atoms with van der Waals surface area (Å²) in [6, 6.07) is 7.92. The molecule has 2 aromatic rings. The number of aryl methyl sites for hydroxylation is 2. The Morgan fingerprint density at radius 2 is 1.88 bits per heavy atom. The second-order valence-corrected chi connectivity index (χ2v) is 6.06. The molecule has 0 aliphatic rings. The maximum atomic E-state index is 13.2. The summed E-state index contributed by atoms with van der Waals surface area (Å²) in [5, 5.41) is 18.6. The lowest BCUT2D eigenvalue weighted by atomic mass is 9.97. The summed E-state index contributed by atoms with van der Waals surface area (Å²) in [5.74, 6) is -2.10. The first kappa shape index (κ1) is 19.5. The fraction of sp³-hybridized carbons (Fsp3) is 0.250. The first-order chi connectivity index (χ1) is 12.3. The van der Waals surface area contributed by atoms with Gasteiger partial charge in [-0.2, -0.15) is 0 Å². The van der Waals surface area contributed by atoms with Gasteiger partial charge in [0.25, 0.3) is 0 Å². The summed E-state index contributed by atoms with van der Waals surface area (Å²) < 4.78 is 13.2. The number of pyridine rings is 1. The highest BCUT2D eigenvalue weighted by atomic mass is 19.1. The van der Waals surface area contributed by atoms with Crippen LogP contribution < -0.4 is 0 Å². The van der Waals surface area contributed by atoms with Crippen LogP contribution in [0.15, 0.2) is 36.4 Å². The molecule has 26 heavy (non-hydrogen) atoms. The number of nitrogens with zero attached hydrogens (tertiary/aromatic N) is 1. The summed E-state index contributed by atoms with van der Waals surface area (Å²) in [6.07, 6.45) is 1.11. The van der Waals surface area contributed by atoms with Crippen molar-refractivity contribution in [2.45, 2.75) is 32.8 Å². The van der Waals surface area contributed by atoms with Gasteiger partial charge in [-0.1, -0.05) is 24.3 Å². The van der Waals surface area contributed by atoms with Gasteiger partial charge in [-0.05, 0) is 43.2 Å². The van der Waals surface area contributed by atoms with Gasteiger partial charge in [0.05, 0.1) is 6.10 Å². The molecule has 5 nitrogen and oxygen atoms in total. The second kappa shape index (κ2) is 8.49. The minimum absolute atomic E-state index is 0.271. The van der Waals surface area contributed by atoms with Gasteiger partial charge in [-0.25, -0.2) is 4.39 Å². The Bertz CT molecular complexity index is 844. The normalized spacial score (nSPS) is 12.3. The predicted octanol–water partition coefficient (Wildman–Crippen LogP) is 3.31. The molecule has 1 aromatic carbocycles. The number of halogens is 1. The average Bonchev–Trinajstić information content (AvgIpc) is 2.53. The van der Waals surface area contributed by atoms with E-state index >= 15 is 0 Å². The molecular formula is C20H20FNO4. The van der Waals surface area contributed by atoms with Gasteiger partial charge in [0, 0.05) is 23.4 Å². The topological polar surface area (TPSA) is 87.5 Å². The number of rotatable bonds is 7. The van der Waals surface area contributed by atoms with Gasteiger partial charge in [0.2, 0.25) is 0 Å². The highest BCUT2D eigenvalue weighted by molar-refractivity contribution is 5.95. The van der Waals surface area contributed by atoms with E-state index in [1.165, 1.54) is 18.2 Å². The molecule has 1 unspecified atom stereocenters. The van der Waals surface area contributed by atoms with Crippen molar-refractivity contribution >= 4 is 17.8 Å². The van der Waals surface area contributed by atoms with Crippen LogP contribution in [0.5, 0.6) is 0 Å². The first-order valence-corrected chi connectivity index (χ1v) is 8.10. The number of carboxylic acids is 1. The molecule has 0 radical (unpaired) electrons. The van der Waals surface area contributed by atoms with Crippen molar-refractivity contribution in [3.05, 3.63) is 59.2 Å². The van der Waals surface area contributed by atoms with Crippen molar-refractivity contribution in [3.8, 4) is 11.1 Å². The number of benzene rings is 1. The van der Waals surface area contributed by atoms with E-state index in [0.717, 1.165) is 28.1 Å². The lowest BCUT2D eigenvalue weighted by Crippen LogP contribution is -2.14. The number of aliphatic carboxylic acids is 1. The Morgan fingerprint density at radius 3 is 2.50 bits per heavy atom. The van der Waals surface area contributed by atoms with Crippen molar-refractivity contribution in [2.75, 3.05) is 0 Å². The fourth-order valence-corrected chi connectivity index (χ4v) is 2.67. The number of aliphatic hydroxyl groups is 1. The maximum Gasteiger partial charge on any atom is 0.310 e. The lowest BCUT2D eigenvalue weighted by molar-refractivity contribution is -0.140. The molecule has 2 N–H and O–H groups in total. The molecule has 0 bridgehead atoms. The van der Waals surface area contributed by atoms with Crippen LogP contribution in [0.25, 0.3) is 17.2 Å². The van der Waals surface area contributed by atoms with Crippen molar-refractivity contribution in [3.63, 3.8) is 0 Å². The molecule has 2 rings (SSSR count). The first-order valence-electron chi connectivity index (χ1n) is 8.10. The fourth-order valence-electron chi connectivity index (χ4n) is 2.67. The van der Waals surface area contributed by atoms with Gasteiger partial charge in [-0.3, -0.25) is 14.6 Å². The molecule has 1 aromatic heterocycles. The number of Topliss-reactive ketones (excluding diaryl/α,β-unsaturated/α-hetero) is 1. The van der Waals surface area contributed by atoms with E-state index in [2.05, 4.69) is 4.98 Å². The van der Waals surface area contributed by atoms with E-state index in [1.807, 2.05) is 19.9 Å². The Hall–Kier alpha value is -2.86. The summed E-state index contributed by atoms with van der Waals surface area (Å²) in [4.78, 5) is 26.4. The summed E-state index contributed by atoms with van der Waals surface area (Å²) >= 11 is 0. The SMILES string of the molecule is Cc1cc(-c2ccc(F)cc2)c(/C=C/C(O)CC(=O)CC(=O)O)c(C)n1. The summed E-state index contributed by atoms with van der Waals surface area (Å²) in [5.41, 5.74) is 3.90. The quantitative estimate of drug-likeness (QED) is 0.742. The van der Waals surface area contributed by atoms with Gasteiger partial charge in [0.15, 0.2) is 0 Å². The van der Waals surface area contributed by atoms with Gasteiger partial charge >= 0.3 is 5.97 Å². The molecule has 1 atom stereocenters. The van der Waals surface area contributed by atoms with Crippen LogP contribution >= 0.6 is 0 Å². The molecular weight excluding hydrogens is 337 g/mol. The number of carboxylic acid groups (broad SMARTS) is 1. The van der Waals surface area contributed by atoms with E-state index in [-0.39, 0.29) is 12.2 Å². The van der Waals surface area contributed by atoms with Gasteiger partial charge < -0.3 is 10.2 Å². The van der Waals surface area contributed by atoms with E-state index in [0.29, 0.717) is 0 Å². The summed E-state index contributed by atoms with van der Waals surface area (Å²) in [6.45, 7) is 3.68. The van der Waals surface area contributed by atoms with E-state index in [9.17, 15) is 19.1 Å². The van der Waals surface area contributed by atoms with Crippen molar-refractivity contribution < 1.29 is 24.2 Å². The summed E-state index contributed by atoms with van der Waals surface area (Å²) in [7, 11) is 0. The minimum atomic E-state index is -1.22. The molecule has 0 spiro atoms. The van der Waals surface area contributed by atoms with Crippen LogP contribution in [0.1, 0.15) is 29.8 Å². The molecule has 0 saturated carbocycles. The molecule has 6 heteroatoms. The second-order valence-electron chi connectivity index (χ2n) is 6.06. The number of carbonyl (C=O) groups is 2. The highest BCUT2D eigenvalue weighted by Crippen LogP contribution is 2.28. The predicted molar refractivity (Wildman–Crippen MR) is 96.0 cm³/mol. The van der Waals surface area contributed by atoms with Crippen molar-refractivity contribution in [2.24, 2.45) is 0 Å². The maximum absolute atomic E-state index is 13.2. The molecule has 0 amide bonds. The number of aromatic nitrogens is 1. The third-order valence-electron chi connectivity index (χ3n) is 3.80. The molecule has 1 heterocycles. The zero-order chi connectivity index (χ0) is 19.3. The molecule has 0 saturated heterocycles. The minimum Gasteiger partial charge on any atom is -0.481 e. The molecule has 136 valence electrons. The average molecular weight is 357 g/mol. The van der Waals surface area contributed by atoms with Crippen LogP contribution in [0.4, 0.5) is 4.39 Å².